The van der Waals surface area contributed by atoms with Gasteiger partial charge in [0, 0.05) is 41.7 Å². The maximum atomic E-state index is 12.3. The van der Waals surface area contributed by atoms with E-state index in [9.17, 15) is 4.79 Å². The van der Waals surface area contributed by atoms with Crippen molar-refractivity contribution in [1.29, 1.82) is 0 Å². The third-order valence-electron chi connectivity index (χ3n) is 2.66. The minimum absolute atomic E-state index is 0.0724. The Bertz CT molecular complexity index is 566. The summed E-state index contributed by atoms with van der Waals surface area (Å²) in [5.41, 5.74) is 7.86. The lowest BCUT2D eigenvalue weighted by atomic mass is 10.1. The molecule has 0 saturated heterocycles. The number of pyridine rings is 1. The largest absolute Gasteiger partial charge is 0.399 e. The molecule has 2 aromatic rings. The zero-order valence-electron chi connectivity index (χ0n) is 10.5. The van der Waals surface area contributed by atoms with Crippen LogP contribution < -0.4 is 5.73 Å². The van der Waals surface area contributed by atoms with Crippen molar-refractivity contribution in [2.75, 3.05) is 12.8 Å². The summed E-state index contributed by atoms with van der Waals surface area (Å²) in [5, 5.41) is 0. The molecule has 5 heteroatoms. The van der Waals surface area contributed by atoms with Crippen LogP contribution in [0.25, 0.3) is 0 Å². The van der Waals surface area contributed by atoms with E-state index in [0.717, 1.165) is 10.0 Å². The summed E-state index contributed by atoms with van der Waals surface area (Å²) in [5.74, 6) is -0.0724. The maximum Gasteiger partial charge on any atom is 0.254 e. The van der Waals surface area contributed by atoms with Gasteiger partial charge in [0.1, 0.15) is 0 Å². The molecule has 98 valence electrons. The fraction of sp³-hybridized carbons (Fsp3) is 0.143. The highest BCUT2D eigenvalue weighted by molar-refractivity contribution is 9.10. The summed E-state index contributed by atoms with van der Waals surface area (Å²) < 4.78 is 0.797. The van der Waals surface area contributed by atoms with Gasteiger partial charge in [0.15, 0.2) is 0 Å². The molecule has 0 aliphatic rings. The third-order valence-corrected chi connectivity index (χ3v) is 3.11. The van der Waals surface area contributed by atoms with Gasteiger partial charge in [-0.25, -0.2) is 0 Å². The van der Waals surface area contributed by atoms with E-state index in [2.05, 4.69) is 20.9 Å². The second kappa shape index (κ2) is 5.84. The van der Waals surface area contributed by atoms with Crippen LogP contribution >= 0.6 is 15.9 Å². The molecule has 0 radical (unpaired) electrons. The average Bonchev–Trinajstić information content (AvgIpc) is 2.37. The van der Waals surface area contributed by atoms with E-state index >= 15 is 0 Å². The molecule has 1 aromatic heterocycles. The standard InChI is InChI=1S/C14H14BrN3O/c1-18(9-10-3-2-4-17-8-10)14(19)11-5-12(15)7-13(16)6-11/h2-8H,9,16H2,1H3. The van der Waals surface area contributed by atoms with Crippen molar-refractivity contribution in [2.24, 2.45) is 0 Å². The van der Waals surface area contributed by atoms with Crippen molar-refractivity contribution in [3.05, 3.63) is 58.3 Å². The molecule has 0 spiro atoms. The van der Waals surface area contributed by atoms with E-state index in [1.807, 2.05) is 12.1 Å². The molecule has 0 aliphatic carbocycles. The predicted octanol–water partition coefficient (Wildman–Crippen LogP) is 2.70. The third kappa shape index (κ3) is 3.54. The Kier molecular flexibility index (Phi) is 4.16. The summed E-state index contributed by atoms with van der Waals surface area (Å²) in [4.78, 5) is 18.0. The molecule has 2 N–H and O–H groups in total. The van der Waals surface area contributed by atoms with Gasteiger partial charge in [-0.05, 0) is 29.8 Å². The lowest BCUT2D eigenvalue weighted by Gasteiger charge is -2.17. The fourth-order valence-electron chi connectivity index (χ4n) is 1.79. The van der Waals surface area contributed by atoms with Crippen molar-refractivity contribution in [3.63, 3.8) is 0 Å². The Morgan fingerprint density at radius 1 is 1.42 bits per heavy atom. The molecule has 0 atom stereocenters. The molecule has 0 unspecified atom stereocenters. The van der Waals surface area contributed by atoms with E-state index in [0.29, 0.717) is 17.8 Å². The van der Waals surface area contributed by atoms with Crippen LogP contribution in [0, 0.1) is 0 Å². The Labute approximate surface area is 120 Å². The molecule has 4 nitrogen and oxygen atoms in total. The molecule has 0 saturated carbocycles. The number of aromatic nitrogens is 1. The molecular formula is C14H14BrN3O. The van der Waals surface area contributed by atoms with Gasteiger partial charge in [-0.1, -0.05) is 22.0 Å². The molecule has 0 aliphatic heterocycles. The number of carbonyl (C=O) groups is 1. The number of carbonyl (C=O) groups excluding carboxylic acids is 1. The molecule has 1 aromatic carbocycles. The molecule has 0 bridgehead atoms. The first-order valence-electron chi connectivity index (χ1n) is 5.76. The number of benzene rings is 1. The van der Waals surface area contributed by atoms with Gasteiger partial charge in [-0.15, -0.1) is 0 Å². The lowest BCUT2D eigenvalue weighted by molar-refractivity contribution is 0.0785. The van der Waals surface area contributed by atoms with Gasteiger partial charge in [0.25, 0.3) is 5.91 Å². The number of rotatable bonds is 3. The fourth-order valence-corrected chi connectivity index (χ4v) is 2.30. The smallest absolute Gasteiger partial charge is 0.254 e. The number of hydrogen-bond donors (Lipinski definition) is 1. The van der Waals surface area contributed by atoms with Crippen LogP contribution in [0.3, 0.4) is 0 Å². The van der Waals surface area contributed by atoms with Gasteiger partial charge in [0.2, 0.25) is 0 Å². The SMILES string of the molecule is CN(Cc1cccnc1)C(=O)c1cc(N)cc(Br)c1. The van der Waals surface area contributed by atoms with Gasteiger partial charge >= 0.3 is 0 Å². The number of nitrogens with two attached hydrogens (primary N) is 1. The van der Waals surface area contributed by atoms with Crippen molar-refractivity contribution in [1.82, 2.24) is 9.88 Å². The van der Waals surface area contributed by atoms with E-state index in [1.165, 1.54) is 0 Å². The van der Waals surface area contributed by atoms with Crippen LogP contribution in [-0.2, 0) is 6.54 Å². The number of nitrogens with zero attached hydrogens (tertiary/aromatic N) is 2. The van der Waals surface area contributed by atoms with E-state index in [-0.39, 0.29) is 5.91 Å². The molecule has 1 amide bonds. The average molecular weight is 320 g/mol. The summed E-state index contributed by atoms with van der Waals surface area (Å²) in [7, 11) is 1.76. The first kappa shape index (κ1) is 13.5. The number of halogens is 1. The first-order valence-corrected chi connectivity index (χ1v) is 6.56. The van der Waals surface area contributed by atoms with Crippen LogP contribution in [0.4, 0.5) is 5.69 Å². The Morgan fingerprint density at radius 2 is 2.21 bits per heavy atom. The Hall–Kier alpha value is -1.88. The predicted molar refractivity (Wildman–Crippen MR) is 78.6 cm³/mol. The van der Waals surface area contributed by atoms with E-state index < -0.39 is 0 Å². The van der Waals surface area contributed by atoms with Crippen LogP contribution in [0.5, 0.6) is 0 Å². The van der Waals surface area contributed by atoms with Crippen molar-refractivity contribution in [3.8, 4) is 0 Å². The maximum absolute atomic E-state index is 12.3. The molecule has 2 rings (SSSR count). The van der Waals surface area contributed by atoms with Gasteiger partial charge in [-0.2, -0.15) is 0 Å². The minimum Gasteiger partial charge on any atom is -0.399 e. The zero-order chi connectivity index (χ0) is 13.8. The van der Waals surface area contributed by atoms with Gasteiger partial charge < -0.3 is 10.6 Å². The summed E-state index contributed by atoms with van der Waals surface area (Å²) in [6, 6.07) is 8.99. The minimum atomic E-state index is -0.0724. The van der Waals surface area contributed by atoms with Crippen LogP contribution in [-0.4, -0.2) is 22.8 Å². The molecule has 0 fully saturated rings. The number of hydrogen-bond acceptors (Lipinski definition) is 3. The topological polar surface area (TPSA) is 59.2 Å². The number of amides is 1. The first-order chi connectivity index (χ1) is 9.06. The van der Waals surface area contributed by atoms with Crippen molar-refractivity contribution in [2.45, 2.75) is 6.54 Å². The summed E-state index contributed by atoms with van der Waals surface area (Å²) in [6.45, 7) is 0.513. The number of nitrogen functional groups attached to an aromatic ring is 1. The second-order valence-electron chi connectivity index (χ2n) is 4.30. The summed E-state index contributed by atoms with van der Waals surface area (Å²) >= 11 is 3.34. The van der Waals surface area contributed by atoms with Crippen LogP contribution in [0.15, 0.2) is 47.2 Å². The lowest BCUT2D eigenvalue weighted by Crippen LogP contribution is -2.26. The molecule has 1 heterocycles. The van der Waals surface area contributed by atoms with Gasteiger partial charge in [-0.3, -0.25) is 9.78 Å². The van der Waals surface area contributed by atoms with Crippen molar-refractivity contribution >= 4 is 27.5 Å². The van der Waals surface area contributed by atoms with Gasteiger partial charge in [0.05, 0.1) is 0 Å². The Morgan fingerprint density at radius 3 is 2.84 bits per heavy atom. The van der Waals surface area contributed by atoms with Crippen molar-refractivity contribution < 1.29 is 4.79 Å². The molecular weight excluding hydrogens is 306 g/mol. The highest BCUT2D eigenvalue weighted by atomic mass is 79.9. The quantitative estimate of drug-likeness (QED) is 0.885. The van der Waals surface area contributed by atoms with E-state index in [4.69, 9.17) is 5.73 Å². The monoisotopic (exact) mass is 319 g/mol. The normalized spacial score (nSPS) is 10.2. The summed E-state index contributed by atoms with van der Waals surface area (Å²) in [6.07, 6.45) is 3.46. The van der Waals surface area contributed by atoms with Crippen LogP contribution in [0.1, 0.15) is 15.9 Å². The Balaban J connectivity index is 2.15. The second-order valence-corrected chi connectivity index (χ2v) is 5.21. The molecule has 19 heavy (non-hydrogen) atoms. The highest BCUT2D eigenvalue weighted by Gasteiger charge is 2.13. The van der Waals surface area contributed by atoms with Crippen LogP contribution in [0.2, 0.25) is 0 Å². The van der Waals surface area contributed by atoms with E-state index in [1.54, 1.807) is 42.5 Å². The zero-order valence-corrected chi connectivity index (χ0v) is 12.1. The number of anilines is 1. The highest BCUT2D eigenvalue weighted by Crippen LogP contribution is 2.18.